The number of esters is 1. The van der Waals surface area contributed by atoms with Gasteiger partial charge in [-0.25, -0.2) is 0 Å². The largest absolute Gasteiger partial charge is 0.466 e. The summed E-state index contributed by atoms with van der Waals surface area (Å²) >= 11 is 0. The first-order valence-electron chi connectivity index (χ1n) is 5.49. The van der Waals surface area contributed by atoms with E-state index < -0.39 is 0 Å². The highest BCUT2D eigenvalue weighted by molar-refractivity contribution is 5.72. The Morgan fingerprint density at radius 3 is 2.64 bits per heavy atom. The van der Waals surface area contributed by atoms with Crippen molar-refractivity contribution in [2.75, 3.05) is 13.2 Å². The fourth-order valence-electron chi connectivity index (χ4n) is 1.65. The maximum absolute atomic E-state index is 11.3. The molecule has 0 heterocycles. The van der Waals surface area contributed by atoms with Gasteiger partial charge in [0.25, 0.3) is 0 Å². The zero-order valence-electron chi connectivity index (χ0n) is 9.43. The summed E-state index contributed by atoms with van der Waals surface area (Å²) in [6, 6.07) is 0. The topological polar surface area (TPSA) is 38.3 Å². The predicted molar refractivity (Wildman–Crippen MR) is 56.1 cm³/mol. The molecule has 3 nitrogen and oxygen atoms in total. The highest BCUT2D eigenvalue weighted by Crippen LogP contribution is 2.30. The Bertz CT molecular complexity index is 199. The number of ether oxygens (including phenoxy) is 1. The second kappa shape index (κ2) is 4.78. The Morgan fingerprint density at radius 2 is 2.21 bits per heavy atom. The molecule has 0 bridgehead atoms. The summed E-state index contributed by atoms with van der Waals surface area (Å²) in [4.78, 5) is 11.3. The molecule has 0 spiro atoms. The van der Waals surface area contributed by atoms with Gasteiger partial charge in [0.1, 0.15) is 0 Å². The van der Waals surface area contributed by atoms with Gasteiger partial charge < -0.3 is 10.1 Å². The smallest absolute Gasteiger partial charge is 0.309 e. The fraction of sp³-hybridized carbons (Fsp3) is 0.909. The summed E-state index contributed by atoms with van der Waals surface area (Å²) in [6.07, 6.45) is 3.75. The summed E-state index contributed by atoms with van der Waals surface area (Å²) in [7, 11) is 0. The molecular formula is C11H21NO2. The standard InChI is InChI=1S/C11H21NO2/c1-4-14-10(13)9(2)8-12-11(3)6-5-7-11/h9,12H,4-8H2,1-3H3. The van der Waals surface area contributed by atoms with Crippen molar-refractivity contribution in [3.63, 3.8) is 0 Å². The molecule has 0 aromatic heterocycles. The van der Waals surface area contributed by atoms with Gasteiger partial charge in [0.05, 0.1) is 12.5 Å². The van der Waals surface area contributed by atoms with Crippen molar-refractivity contribution in [2.24, 2.45) is 5.92 Å². The Morgan fingerprint density at radius 1 is 1.57 bits per heavy atom. The third-order valence-corrected chi connectivity index (χ3v) is 2.98. The van der Waals surface area contributed by atoms with E-state index in [1.54, 1.807) is 0 Å². The SMILES string of the molecule is CCOC(=O)C(C)CNC1(C)CCC1. The molecule has 3 heteroatoms. The number of carbonyl (C=O) groups excluding carboxylic acids is 1. The molecule has 0 saturated heterocycles. The van der Waals surface area contributed by atoms with E-state index in [0.717, 1.165) is 6.54 Å². The molecule has 1 N–H and O–H groups in total. The molecule has 1 rings (SSSR count). The van der Waals surface area contributed by atoms with Gasteiger partial charge in [0.15, 0.2) is 0 Å². The molecule has 1 aliphatic carbocycles. The number of hydrogen-bond acceptors (Lipinski definition) is 3. The van der Waals surface area contributed by atoms with Gasteiger partial charge >= 0.3 is 5.97 Å². The van der Waals surface area contributed by atoms with Gasteiger partial charge in [-0.1, -0.05) is 6.92 Å². The first-order chi connectivity index (χ1) is 6.57. The third kappa shape index (κ3) is 2.98. The van der Waals surface area contributed by atoms with Crippen LogP contribution in [0.2, 0.25) is 0 Å². The lowest BCUT2D eigenvalue weighted by atomic mass is 9.78. The van der Waals surface area contributed by atoms with E-state index in [-0.39, 0.29) is 17.4 Å². The van der Waals surface area contributed by atoms with Crippen molar-refractivity contribution in [1.82, 2.24) is 5.32 Å². The molecule has 0 aliphatic heterocycles. The Balaban J connectivity index is 2.20. The van der Waals surface area contributed by atoms with E-state index in [1.807, 2.05) is 13.8 Å². The quantitative estimate of drug-likeness (QED) is 0.685. The lowest BCUT2D eigenvalue weighted by Gasteiger charge is -2.40. The Hall–Kier alpha value is -0.570. The minimum absolute atomic E-state index is 0.0348. The molecule has 0 aromatic rings. The number of carbonyl (C=O) groups is 1. The lowest BCUT2D eigenvalue weighted by Crippen LogP contribution is -2.50. The van der Waals surface area contributed by atoms with Crippen molar-refractivity contribution >= 4 is 5.97 Å². The van der Waals surface area contributed by atoms with Gasteiger partial charge in [0.2, 0.25) is 0 Å². The summed E-state index contributed by atoms with van der Waals surface area (Å²) in [5.74, 6) is -0.129. The van der Waals surface area contributed by atoms with E-state index in [9.17, 15) is 4.79 Å². The van der Waals surface area contributed by atoms with Crippen LogP contribution in [0.3, 0.4) is 0 Å². The monoisotopic (exact) mass is 199 g/mol. The zero-order chi connectivity index (χ0) is 10.6. The highest BCUT2D eigenvalue weighted by atomic mass is 16.5. The second-order valence-corrected chi connectivity index (χ2v) is 4.45. The van der Waals surface area contributed by atoms with Crippen LogP contribution in [0.4, 0.5) is 0 Å². The van der Waals surface area contributed by atoms with Crippen molar-refractivity contribution in [2.45, 2.75) is 45.6 Å². The average Bonchev–Trinajstić information content (AvgIpc) is 2.11. The first-order valence-corrected chi connectivity index (χ1v) is 5.49. The van der Waals surface area contributed by atoms with Crippen LogP contribution >= 0.6 is 0 Å². The molecular weight excluding hydrogens is 178 g/mol. The highest BCUT2D eigenvalue weighted by Gasteiger charge is 2.31. The molecule has 0 aromatic carbocycles. The van der Waals surface area contributed by atoms with Crippen molar-refractivity contribution in [3.8, 4) is 0 Å². The van der Waals surface area contributed by atoms with Gasteiger partial charge in [-0.05, 0) is 33.1 Å². The second-order valence-electron chi connectivity index (χ2n) is 4.45. The minimum atomic E-state index is -0.0945. The van der Waals surface area contributed by atoms with E-state index in [2.05, 4.69) is 12.2 Å². The van der Waals surface area contributed by atoms with E-state index in [1.165, 1.54) is 19.3 Å². The van der Waals surface area contributed by atoms with E-state index in [4.69, 9.17) is 4.74 Å². The molecule has 1 fully saturated rings. The molecule has 14 heavy (non-hydrogen) atoms. The molecule has 1 unspecified atom stereocenters. The van der Waals surface area contributed by atoms with Crippen LogP contribution in [0.5, 0.6) is 0 Å². The van der Waals surface area contributed by atoms with Crippen LogP contribution < -0.4 is 5.32 Å². The van der Waals surface area contributed by atoms with E-state index >= 15 is 0 Å². The summed E-state index contributed by atoms with van der Waals surface area (Å²) in [5.41, 5.74) is 0.279. The van der Waals surface area contributed by atoms with E-state index in [0.29, 0.717) is 6.61 Å². The van der Waals surface area contributed by atoms with Crippen molar-refractivity contribution in [3.05, 3.63) is 0 Å². The third-order valence-electron chi connectivity index (χ3n) is 2.98. The summed E-state index contributed by atoms with van der Waals surface area (Å²) < 4.78 is 4.94. The average molecular weight is 199 g/mol. The fourth-order valence-corrected chi connectivity index (χ4v) is 1.65. The first kappa shape index (κ1) is 11.5. The van der Waals surface area contributed by atoms with Gasteiger partial charge in [-0.15, -0.1) is 0 Å². The van der Waals surface area contributed by atoms with Crippen LogP contribution in [0.15, 0.2) is 0 Å². The normalized spacial score (nSPS) is 21.1. The van der Waals surface area contributed by atoms with Crippen molar-refractivity contribution < 1.29 is 9.53 Å². The zero-order valence-corrected chi connectivity index (χ0v) is 9.43. The predicted octanol–water partition coefficient (Wildman–Crippen LogP) is 1.72. The molecule has 0 amide bonds. The Kier molecular flexibility index (Phi) is 3.93. The molecule has 0 radical (unpaired) electrons. The van der Waals surface area contributed by atoms with Crippen LogP contribution in [0.25, 0.3) is 0 Å². The van der Waals surface area contributed by atoms with Crippen LogP contribution in [-0.2, 0) is 9.53 Å². The number of nitrogens with one attached hydrogen (secondary N) is 1. The van der Waals surface area contributed by atoms with Crippen LogP contribution in [-0.4, -0.2) is 24.7 Å². The van der Waals surface area contributed by atoms with Gasteiger partial charge in [-0.3, -0.25) is 4.79 Å². The molecule has 82 valence electrons. The summed E-state index contributed by atoms with van der Waals surface area (Å²) in [5, 5.41) is 3.43. The van der Waals surface area contributed by atoms with Gasteiger partial charge in [0, 0.05) is 12.1 Å². The maximum Gasteiger partial charge on any atom is 0.309 e. The maximum atomic E-state index is 11.3. The molecule has 1 saturated carbocycles. The van der Waals surface area contributed by atoms with Crippen molar-refractivity contribution in [1.29, 1.82) is 0 Å². The van der Waals surface area contributed by atoms with Crippen LogP contribution in [0.1, 0.15) is 40.0 Å². The number of rotatable bonds is 5. The molecule has 1 aliphatic rings. The summed E-state index contributed by atoms with van der Waals surface area (Å²) in [6.45, 7) is 7.17. The van der Waals surface area contributed by atoms with Gasteiger partial charge in [-0.2, -0.15) is 0 Å². The minimum Gasteiger partial charge on any atom is -0.466 e. The van der Waals surface area contributed by atoms with Crippen LogP contribution in [0, 0.1) is 5.92 Å². The lowest BCUT2D eigenvalue weighted by molar-refractivity contribution is -0.147. The number of hydrogen-bond donors (Lipinski definition) is 1. The molecule has 1 atom stereocenters. The Labute approximate surface area is 86.2 Å².